The number of hydrogen-bond acceptors (Lipinski definition) is 5. The normalized spacial score (nSPS) is 16.4. The molecule has 182 valence electrons. The average Bonchev–Trinajstić information content (AvgIpc) is 3.38. The highest BCUT2D eigenvalue weighted by Crippen LogP contribution is 2.31. The third-order valence-electron chi connectivity index (χ3n) is 6.53. The van der Waals surface area contributed by atoms with Crippen molar-refractivity contribution in [2.75, 3.05) is 6.61 Å². The molecule has 0 aliphatic carbocycles. The molecule has 0 unspecified atom stereocenters. The first kappa shape index (κ1) is 23.8. The van der Waals surface area contributed by atoms with Gasteiger partial charge in [0.15, 0.2) is 5.84 Å². The minimum absolute atomic E-state index is 0.0138. The molecule has 2 aliphatic rings. The maximum Gasteiger partial charge on any atom is 0.283 e. The third kappa shape index (κ3) is 4.18. The van der Waals surface area contributed by atoms with Gasteiger partial charge in [-0.25, -0.2) is 0 Å². The van der Waals surface area contributed by atoms with Gasteiger partial charge in [0, 0.05) is 17.1 Å². The molecule has 0 radical (unpaired) electrons. The molecule has 2 aromatic carbocycles. The van der Waals surface area contributed by atoms with Crippen LogP contribution in [0.2, 0.25) is 0 Å². The fourth-order valence-corrected chi connectivity index (χ4v) is 5.18. The van der Waals surface area contributed by atoms with Gasteiger partial charge in [-0.05, 0) is 92.9 Å². The van der Waals surface area contributed by atoms with Crippen LogP contribution in [-0.4, -0.2) is 38.1 Å². The van der Waals surface area contributed by atoms with Gasteiger partial charge in [0.1, 0.15) is 17.4 Å². The smallest absolute Gasteiger partial charge is 0.283 e. The molecule has 0 saturated heterocycles. The molecule has 0 bridgehead atoms. The van der Waals surface area contributed by atoms with Crippen molar-refractivity contribution in [2.45, 2.75) is 34.6 Å². The Hall–Kier alpha value is -3.91. The number of carbonyl (C=O) groups is 1. The maximum atomic E-state index is 12.9. The van der Waals surface area contributed by atoms with E-state index in [-0.39, 0.29) is 18.0 Å². The number of fused-ring (bicyclic) bond motifs is 1. The van der Waals surface area contributed by atoms with Crippen LogP contribution in [-0.2, 0) is 4.79 Å². The van der Waals surface area contributed by atoms with E-state index in [0.29, 0.717) is 10.2 Å². The lowest BCUT2D eigenvalue weighted by Crippen LogP contribution is -2.35. The molecular formula is C28H27N5O2S. The number of rotatable bonds is 5. The number of amides is 1. The Balaban J connectivity index is 1.42. The van der Waals surface area contributed by atoms with E-state index in [1.54, 1.807) is 6.08 Å². The van der Waals surface area contributed by atoms with E-state index in [0.717, 1.165) is 34.0 Å². The quantitative estimate of drug-likeness (QED) is 0.457. The Kier molecular flexibility index (Phi) is 6.14. The van der Waals surface area contributed by atoms with Gasteiger partial charge in [-0.2, -0.15) is 15.1 Å². The molecule has 3 heterocycles. The molecule has 2 aliphatic heterocycles. The van der Waals surface area contributed by atoms with E-state index in [1.165, 1.54) is 27.9 Å². The summed E-state index contributed by atoms with van der Waals surface area (Å²) in [5, 5.41) is 15.7. The number of hydrazone groups is 1. The second-order valence-electron chi connectivity index (χ2n) is 8.95. The fourth-order valence-electron chi connectivity index (χ4n) is 4.39. The first-order valence-electron chi connectivity index (χ1n) is 11.7. The first-order chi connectivity index (χ1) is 17.2. The summed E-state index contributed by atoms with van der Waals surface area (Å²) >= 11 is 1.25. The Bertz CT molecular complexity index is 1510. The lowest BCUT2D eigenvalue weighted by Gasteiger charge is -2.20. The molecule has 3 aromatic rings. The minimum Gasteiger partial charge on any atom is -0.486 e. The standard InChI is InChI=1S/C28H27N5O2S/c1-16-10-8-11-23(19(16)4)32-18(3)13-21(20(32)5)14-22-26(29)33-28(30-27(22)34)36-25(31-33)15-35-24-12-7-6-9-17(24)2/h6-14,29H,15H2,1-5H3/b22-14+,29-26?. The Morgan fingerprint density at radius 1 is 1.03 bits per heavy atom. The van der Waals surface area contributed by atoms with Crippen molar-refractivity contribution in [3.8, 4) is 11.4 Å². The van der Waals surface area contributed by atoms with Crippen molar-refractivity contribution in [3.05, 3.63) is 87.7 Å². The van der Waals surface area contributed by atoms with Gasteiger partial charge in [-0.15, -0.1) is 0 Å². The van der Waals surface area contributed by atoms with E-state index in [1.807, 2.05) is 51.1 Å². The van der Waals surface area contributed by atoms with E-state index < -0.39 is 5.91 Å². The van der Waals surface area contributed by atoms with E-state index in [2.05, 4.69) is 46.7 Å². The van der Waals surface area contributed by atoms with Crippen molar-refractivity contribution in [3.63, 3.8) is 0 Å². The topological polar surface area (TPSA) is 83.0 Å². The van der Waals surface area contributed by atoms with Crippen molar-refractivity contribution in [1.82, 2.24) is 9.58 Å². The Labute approximate surface area is 214 Å². The Morgan fingerprint density at radius 2 is 1.78 bits per heavy atom. The highest BCUT2D eigenvalue weighted by atomic mass is 32.2. The number of benzene rings is 2. The summed E-state index contributed by atoms with van der Waals surface area (Å²) in [4.78, 5) is 17.1. The van der Waals surface area contributed by atoms with Crippen molar-refractivity contribution in [2.24, 2.45) is 10.1 Å². The van der Waals surface area contributed by atoms with Crippen LogP contribution in [0.4, 0.5) is 0 Å². The molecule has 8 heteroatoms. The maximum absolute atomic E-state index is 12.9. The molecule has 0 atom stereocenters. The molecule has 0 saturated carbocycles. The largest absolute Gasteiger partial charge is 0.486 e. The zero-order valence-corrected chi connectivity index (χ0v) is 21.7. The number of aromatic nitrogens is 1. The third-order valence-corrected chi connectivity index (χ3v) is 7.41. The fraction of sp³-hybridized carbons (Fsp3) is 0.214. The summed E-state index contributed by atoms with van der Waals surface area (Å²) in [6.07, 6.45) is 1.75. The number of ether oxygens (including phenoxy) is 1. The van der Waals surface area contributed by atoms with Crippen molar-refractivity contribution >= 4 is 39.8 Å². The summed E-state index contributed by atoms with van der Waals surface area (Å²) in [5.74, 6) is 0.352. The van der Waals surface area contributed by atoms with E-state index >= 15 is 0 Å². The van der Waals surface area contributed by atoms with Crippen LogP contribution in [0.25, 0.3) is 11.8 Å². The SMILES string of the molecule is Cc1ccccc1OCC1=NN2C(=N)/C(=C\c3cc(C)n(-c4cccc(C)c4C)c3C)C(=O)N=C2S1. The number of aliphatic imine (C=N–C) groups is 1. The minimum atomic E-state index is -0.438. The lowest BCUT2D eigenvalue weighted by atomic mass is 10.1. The van der Waals surface area contributed by atoms with Gasteiger partial charge in [0.05, 0.1) is 5.57 Å². The number of amidine groups is 2. The second kappa shape index (κ2) is 9.28. The highest BCUT2D eigenvalue weighted by molar-refractivity contribution is 8.27. The number of para-hydroxylation sites is 1. The number of nitrogens with one attached hydrogen (secondary N) is 1. The summed E-state index contributed by atoms with van der Waals surface area (Å²) in [5.41, 5.74) is 7.70. The molecule has 1 aromatic heterocycles. The number of carbonyl (C=O) groups excluding carboxylic acids is 1. The van der Waals surface area contributed by atoms with Crippen LogP contribution < -0.4 is 4.74 Å². The Morgan fingerprint density at radius 3 is 2.56 bits per heavy atom. The van der Waals surface area contributed by atoms with Gasteiger partial charge in [-0.1, -0.05) is 30.3 Å². The number of nitrogens with zero attached hydrogens (tertiary/aromatic N) is 4. The molecular weight excluding hydrogens is 470 g/mol. The average molecular weight is 498 g/mol. The highest BCUT2D eigenvalue weighted by Gasteiger charge is 2.36. The van der Waals surface area contributed by atoms with Crippen LogP contribution in [0.3, 0.4) is 0 Å². The van der Waals surface area contributed by atoms with Gasteiger partial charge in [0.2, 0.25) is 5.17 Å². The zero-order valence-electron chi connectivity index (χ0n) is 20.9. The van der Waals surface area contributed by atoms with E-state index in [9.17, 15) is 4.79 Å². The summed E-state index contributed by atoms with van der Waals surface area (Å²) in [7, 11) is 0. The molecule has 5 rings (SSSR count). The second-order valence-corrected chi connectivity index (χ2v) is 9.99. The van der Waals surface area contributed by atoms with Crippen LogP contribution in [0.1, 0.15) is 33.6 Å². The summed E-state index contributed by atoms with van der Waals surface area (Å²) in [6, 6.07) is 16.0. The lowest BCUT2D eigenvalue weighted by molar-refractivity contribution is -0.114. The van der Waals surface area contributed by atoms with Gasteiger partial charge < -0.3 is 9.30 Å². The summed E-state index contributed by atoms with van der Waals surface area (Å²) in [6.45, 7) is 10.5. The van der Waals surface area contributed by atoms with Gasteiger partial charge >= 0.3 is 0 Å². The van der Waals surface area contributed by atoms with Crippen LogP contribution in [0, 0.1) is 40.0 Å². The van der Waals surface area contributed by atoms with Crippen molar-refractivity contribution < 1.29 is 9.53 Å². The molecule has 7 nitrogen and oxygen atoms in total. The van der Waals surface area contributed by atoms with E-state index in [4.69, 9.17) is 10.1 Å². The summed E-state index contributed by atoms with van der Waals surface area (Å²) < 4.78 is 8.08. The van der Waals surface area contributed by atoms with Crippen LogP contribution in [0.15, 0.2) is 64.2 Å². The molecule has 36 heavy (non-hydrogen) atoms. The number of thioether (sulfide) groups is 1. The van der Waals surface area contributed by atoms with Crippen LogP contribution in [0.5, 0.6) is 5.75 Å². The van der Waals surface area contributed by atoms with Crippen LogP contribution >= 0.6 is 11.8 Å². The van der Waals surface area contributed by atoms with Gasteiger partial charge in [0.25, 0.3) is 5.91 Å². The molecule has 0 fully saturated rings. The monoisotopic (exact) mass is 497 g/mol. The van der Waals surface area contributed by atoms with Crippen molar-refractivity contribution in [1.29, 1.82) is 5.41 Å². The molecule has 0 spiro atoms. The molecule has 1 amide bonds. The predicted octanol–water partition coefficient (Wildman–Crippen LogP) is 5.72. The van der Waals surface area contributed by atoms with Gasteiger partial charge in [-0.3, -0.25) is 10.2 Å². The first-order valence-corrected chi connectivity index (χ1v) is 12.5. The number of aryl methyl sites for hydroxylation is 3. The predicted molar refractivity (Wildman–Crippen MR) is 146 cm³/mol. The molecule has 1 N–H and O–H groups in total. The zero-order chi connectivity index (χ0) is 25.6. The number of hydrogen-bond donors (Lipinski definition) is 1.